The van der Waals surface area contributed by atoms with Crippen molar-refractivity contribution in [2.75, 3.05) is 6.54 Å². The highest BCUT2D eigenvalue weighted by Gasteiger charge is 2.26. The summed E-state index contributed by atoms with van der Waals surface area (Å²) in [4.78, 5) is 14.9. The second-order valence-electron chi connectivity index (χ2n) is 4.29. The monoisotopic (exact) mass is 224 g/mol. The lowest BCUT2D eigenvalue weighted by molar-refractivity contribution is -0.138. The number of nitrogens with one attached hydrogen (secondary N) is 1. The Morgan fingerprint density at radius 1 is 1.75 bits per heavy atom. The van der Waals surface area contributed by atoms with Gasteiger partial charge in [0, 0.05) is 13.3 Å². The zero-order chi connectivity index (χ0) is 11.5. The van der Waals surface area contributed by atoms with Gasteiger partial charge in [-0.1, -0.05) is 0 Å². The minimum atomic E-state index is -0.720. The van der Waals surface area contributed by atoms with E-state index in [1.165, 1.54) is 0 Å². The topological polar surface area (TPSA) is 75.4 Å². The van der Waals surface area contributed by atoms with Crippen molar-refractivity contribution in [1.82, 2.24) is 10.3 Å². The molecule has 1 aromatic rings. The van der Waals surface area contributed by atoms with Gasteiger partial charge in [0.05, 0.1) is 11.7 Å². The van der Waals surface area contributed by atoms with Gasteiger partial charge in [0.15, 0.2) is 5.89 Å². The highest BCUT2D eigenvalue weighted by Crippen LogP contribution is 2.28. The molecule has 0 aliphatic carbocycles. The number of carbonyl (C=O) groups is 1. The smallest absolute Gasteiger partial charge is 0.303 e. The first kappa shape index (κ1) is 11.1. The van der Waals surface area contributed by atoms with Crippen molar-refractivity contribution in [2.24, 2.45) is 5.92 Å². The summed E-state index contributed by atoms with van der Waals surface area (Å²) in [5, 5.41) is 12.1. The van der Waals surface area contributed by atoms with Gasteiger partial charge in [-0.05, 0) is 25.3 Å². The molecule has 2 atom stereocenters. The molecule has 1 aromatic heterocycles. The molecule has 0 saturated carbocycles. The fourth-order valence-corrected chi connectivity index (χ4v) is 2.19. The van der Waals surface area contributed by atoms with Crippen LogP contribution in [0.5, 0.6) is 0 Å². The number of hydrogen-bond donors (Lipinski definition) is 2. The highest BCUT2D eigenvalue weighted by molar-refractivity contribution is 5.67. The molecule has 2 heterocycles. The van der Waals surface area contributed by atoms with Crippen LogP contribution in [0.15, 0.2) is 10.7 Å². The Kier molecular flexibility index (Phi) is 3.24. The van der Waals surface area contributed by atoms with E-state index in [-0.39, 0.29) is 18.4 Å². The molecule has 1 aliphatic rings. The lowest BCUT2D eigenvalue weighted by Crippen LogP contribution is -2.32. The molecule has 0 spiro atoms. The average molecular weight is 224 g/mol. The Labute approximate surface area is 93.9 Å². The molecular formula is C11H16N2O3. The van der Waals surface area contributed by atoms with Gasteiger partial charge in [-0.2, -0.15) is 0 Å². The van der Waals surface area contributed by atoms with Crippen LogP contribution in [-0.2, 0) is 4.79 Å². The van der Waals surface area contributed by atoms with E-state index >= 15 is 0 Å². The first-order valence-corrected chi connectivity index (χ1v) is 5.52. The fraction of sp³-hybridized carbons (Fsp3) is 0.636. The molecule has 0 aromatic carbocycles. The number of hydrogen-bond acceptors (Lipinski definition) is 4. The fourth-order valence-electron chi connectivity index (χ4n) is 2.19. The van der Waals surface area contributed by atoms with Crippen LogP contribution in [0, 0.1) is 12.8 Å². The third kappa shape index (κ3) is 2.61. The van der Waals surface area contributed by atoms with Crippen LogP contribution in [0.4, 0.5) is 0 Å². The Morgan fingerprint density at radius 2 is 2.56 bits per heavy atom. The number of aryl methyl sites for hydroxylation is 1. The summed E-state index contributed by atoms with van der Waals surface area (Å²) >= 11 is 0. The summed E-state index contributed by atoms with van der Waals surface area (Å²) in [6, 6.07) is 0.135. The molecule has 5 nitrogen and oxygen atoms in total. The number of carboxylic acid groups (broad SMARTS) is 1. The minimum Gasteiger partial charge on any atom is -0.481 e. The van der Waals surface area contributed by atoms with E-state index in [1.54, 1.807) is 13.2 Å². The van der Waals surface area contributed by atoms with Crippen LogP contribution in [-0.4, -0.2) is 22.6 Å². The molecular weight excluding hydrogens is 208 g/mol. The van der Waals surface area contributed by atoms with Crippen LogP contribution >= 0.6 is 0 Å². The molecule has 16 heavy (non-hydrogen) atoms. The molecule has 88 valence electrons. The number of rotatable bonds is 3. The van der Waals surface area contributed by atoms with Crippen LogP contribution in [0.1, 0.15) is 36.9 Å². The third-order valence-corrected chi connectivity index (χ3v) is 2.97. The third-order valence-electron chi connectivity index (χ3n) is 2.97. The molecule has 0 amide bonds. The van der Waals surface area contributed by atoms with E-state index < -0.39 is 5.97 Å². The number of nitrogens with zero attached hydrogens (tertiary/aromatic N) is 1. The Morgan fingerprint density at radius 3 is 3.19 bits per heavy atom. The van der Waals surface area contributed by atoms with Gasteiger partial charge < -0.3 is 14.8 Å². The van der Waals surface area contributed by atoms with Gasteiger partial charge in [0.1, 0.15) is 6.26 Å². The molecule has 0 radical (unpaired) electrons. The van der Waals surface area contributed by atoms with E-state index in [0.717, 1.165) is 25.1 Å². The van der Waals surface area contributed by atoms with E-state index in [1.807, 2.05) is 0 Å². The predicted molar refractivity (Wildman–Crippen MR) is 57.0 cm³/mol. The first-order chi connectivity index (χ1) is 7.65. The number of piperidine rings is 1. The number of oxazole rings is 1. The average Bonchev–Trinajstić information content (AvgIpc) is 2.64. The van der Waals surface area contributed by atoms with Gasteiger partial charge in [-0.15, -0.1) is 0 Å². The summed E-state index contributed by atoms with van der Waals surface area (Å²) in [5.41, 5.74) is 0.882. The Hall–Kier alpha value is -1.36. The maximum atomic E-state index is 10.7. The van der Waals surface area contributed by atoms with E-state index in [0.29, 0.717) is 5.89 Å². The lowest BCUT2D eigenvalue weighted by Gasteiger charge is -2.28. The highest BCUT2D eigenvalue weighted by atomic mass is 16.4. The second kappa shape index (κ2) is 4.65. The first-order valence-electron chi connectivity index (χ1n) is 5.52. The van der Waals surface area contributed by atoms with Crippen molar-refractivity contribution in [3.05, 3.63) is 17.8 Å². The van der Waals surface area contributed by atoms with Gasteiger partial charge in [0.25, 0.3) is 0 Å². The van der Waals surface area contributed by atoms with E-state index in [2.05, 4.69) is 10.3 Å². The quantitative estimate of drug-likeness (QED) is 0.813. The van der Waals surface area contributed by atoms with Crippen LogP contribution in [0.2, 0.25) is 0 Å². The number of carboxylic acids is 1. The van der Waals surface area contributed by atoms with Crippen molar-refractivity contribution < 1.29 is 14.3 Å². The normalized spacial score (nSPS) is 25.6. The van der Waals surface area contributed by atoms with Crippen LogP contribution in [0.3, 0.4) is 0 Å². The van der Waals surface area contributed by atoms with Gasteiger partial charge in [-0.3, -0.25) is 4.79 Å². The predicted octanol–water partition coefficient (Wildman–Crippen LogP) is 1.50. The second-order valence-corrected chi connectivity index (χ2v) is 4.29. The minimum absolute atomic E-state index is 0.135. The molecule has 2 N–H and O–H groups in total. The largest absolute Gasteiger partial charge is 0.481 e. The summed E-state index contributed by atoms with van der Waals surface area (Å²) in [7, 11) is 0. The molecule has 1 fully saturated rings. The van der Waals surface area contributed by atoms with Crippen molar-refractivity contribution in [1.29, 1.82) is 0 Å². The lowest BCUT2D eigenvalue weighted by atomic mass is 9.89. The zero-order valence-corrected chi connectivity index (χ0v) is 9.27. The zero-order valence-electron chi connectivity index (χ0n) is 9.27. The molecule has 2 rings (SSSR count). The summed E-state index contributed by atoms with van der Waals surface area (Å²) in [6.45, 7) is 2.65. The molecule has 2 unspecified atom stereocenters. The van der Waals surface area contributed by atoms with Crippen molar-refractivity contribution in [3.63, 3.8) is 0 Å². The number of aromatic nitrogens is 1. The Balaban J connectivity index is 1.99. The van der Waals surface area contributed by atoms with Gasteiger partial charge in [-0.25, -0.2) is 4.98 Å². The summed E-state index contributed by atoms with van der Waals surface area (Å²) < 4.78 is 5.17. The maximum absolute atomic E-state index is 10.7. The molecule has 0 bridgehead atoms. The van der Waals surface area contributed by atoms with E-state index in [4.69, 9.17) is 9.52 Å². The molecule has 1 aliphatic heterocycles. The van der Waals surface area contributed by atoms with Crippen LogP contribution < -0.4 is 5.32 Å². The SMILES string of the molecule is Cc1nc(C2CC(CC(=O)O)CCN2)co1. The van der Waals surface area contributed by atoms with Crippen LogP contribution in [0.25, 0.3) is 0 Å². The van der Waals surface area contributed by atoms with Crippen molar-refractivity contribution >= 4 is 5.97 Å². The molecule has 1 saturated heterocycles. The summed E-state index contributed by atoms with van der Waals surface area (Å²) in [5.74, 6) is 0.167. The van der Waals surface area contributed by atoms with Crippen molar-refractivity contribution in [3.8, 4) is 0 Å². The maximum Gasteiger partial charge on any atom is 0.303 e. The van der Waals surface area contributed by atoms with E-state index in [9.17, 15) is 4.79 Å². The van der Waals surface area contributed by atoms with Gasteiger partial charge >= 0.3 is 5.97 Å². The van der Waals surface area contributed by atoms with Crippen molar-refractivity contribution in [2.45, 2.75) is 32.2 Å². The summed E-state index contributed by atoms with van der Waals surface area (Å²) in [6.07, 6.45) is 3.63. The van der Waals surface area contributed by atoms with Gasteiger partial charge in [0.2, 0.25) is 0 Å². The number of aliphatic carboxylic acids is 1. The Bertz CT molecular complexity index is 375. The standard InChI is InChI=1S/C11H16N2O3/c1-7-13-10(6-16-7)9-4-8(2-3-12-9)5-11(14)15/h6,8-9,12H,2-5H2,1H3,(H,14,15). The molecule has 5 heteroatoms.